The quantitative estimate of drug-likeness (QED) is 0.612. The summed E-state index contributed by atoms with van der Waals surface area (Å²) in [6.45, 7) is 8.34. The molecule has 1 aliphatic heterocycles. The van der Waals surface area contributed by atoms with Gasteiger partial charge >= 0.3 is 0 Å². The van der Waals surface area contributed by atoms with Crippen LogP contribution in [0.15, 0.2) is 0 Å². The number of carbonyl (C=O) groups is 1. The molecule has 1 aliphatic rings. The lowest BCUT2D eigenvalue weighted by Gasteiger charge is -2.20. The van der Waals surface area contributed by atoms with Crippen LogP contribution in [0.2, 0.25) is 0 Å². The number of amides is 1. The van der Waals surface area contributed by atoms with Crippen LogP contribution in [0.5, 0.6) is 0 Å². The minimum absolute atomic E-state index is 0.00226. The van der Waals surface area contributed by atoms with E-state index in [-0.39, 0.29) is 11.8 Å². The monoisotopic (exact) mass is 334 g/mol. The van der Waals surface area contributed by atoms with Crippen LogP contribution in [0.4, 0.5) is 0 Å². The highest BCUT2D eigenvalue weighted by Crippen LogP contribution is 2.18. The Morgan fingerprint density at radius 1 is 1.18 bits per heavy atom. The summed E-state index contributed by atoms with van der Waals surface area (Å²) in [6, 6.07) is 0. The lowest BCUT2D eigenvalue weighted by atomic mass is 10.2. The van der Waals surface area contributed by atoms with Gasteiger partial charge in [-0.05, 0) is 32.6 Å². The summed E-state index contributed by atoms with van der Waals surface area (Å²) < 4.78 is 31.6. The van der Waals surface area contributed by atoms with Crippen molar-refractivity contribution in [3.63, 3.8) is 0 Å². The van der Waals surface area contributed by atoms with Gasteiger partial charge in [0.05, 0.1) is 5.25 Å². The Hall–Kier alpha value is -0.660. The fourth-order valence-corrected chi connectivity index (χ4v) is 3.96. The molecule has 0 radical (unpaired) electrons. The zero-order valence-electron chi connectivity index (χ0n) is 14.0. The number of carbonyl (C=O) groups excluding carboxylic acids is 1. The van der Waals surface area contributed by atoms with Crippen LogP contribution in [0.3, 0.4) is 0 Å². The molecule has 1 heterocycles. The van der Waals surface area contributed by atoms with Crippen LogP contribution in [-0.4, -0.2) is 56.7 Å². The van der Waals surface area contributed by atoms with Gasteiger partial charge in [-0.1, -0.05) is 13.8 Å². The number of nitrogens with zero attached hydrogens (tertiary/aromatic N) is 1. The van der Waals surface area contributed by atoms with Crippen LogP contribution in [0, 0.1) is 5.92 Å². The maximum Gasteiger partial charge on any atom is 0.222 e. The first-order valence-corrected chi connectivity index (χ1v) is 9.70. The highest BCUT2D eigenvalue weighted by molar-refractivity contribution is 7.89. The summed E-state index contributed by atoms with van der Waals surface area (Å²) in [5, 5.41) is 2.42. The Bertz CT molecular complexity index is 431. The lowest BCUT2D eigenvalue weighted by Crippen LogP contribution is -2.36. The van der Waals surface area contributed by atoms with Crippen molar-refractivity contribution >= 4 is 15.9 Å². The van der Waals surface area contributed by atoms with E-state index in [0.717, 1.165) is 19.3 Å². The fraction of sp³-hybridized carbons (Fsp3) is 0.933. The van der Waals surface area contributed by atoms with Crippen LogP contribution in [0.1, 0.15) is 46.5 Å². The third-order valence-corrected chi connectivity index (χ3v) is 6.23. The smallest absolute Gasteiger partial charge is 0.222 e. The minimum Gasteiger partial charge on any atom is -0.381 e. The molecule has 1 fully saturated rings. The van der Waals surface area contributed by atoms with E-state index in [1.807, 2.05) is 13.8 Å². The Labute approximate surface area is 134 Å². The standard InChI is InChI=1S/C15H30N2O4S/c1-13(2)15(18)16-8-6-11-21-12-7-14(3)22(19,20)17-9-4-5-10-17/h13-14H,4-12H2,1-3H3,(H,16,18). The SMILES string of the molecule is CC(C)C(=O)NCCCOCCC(C)S(=O)(=O)N1CCCC1. The molecule has 7 heteroatoms. The van der Waals surface area contributed by atoms with E-state index >= 15 is 0 Å². The van der Waals surface area contributed by atoms with Crippen molar-refractivity contribution < 1.29 is 17.9 Å². The van der Waals surface area contributed by atoms with Gasteiger partial charge in [0.15, 0.2) is 0 Å². The first-order chi connectivity index (χ1) is 10.4. The number of hydrogen-bond acceptors (Lipinski definition) is 4. The highest BCUT2D eigenvalue weighted by atomic mass is 32.2. The second-order valence-corrected chi connectivity index (χ2v) is 8.51. The molecule has 0 bridgehead atoms. The Morgan fingerprint density at radius 2 is 1.82 bits per heavy atom. The molecular weight excluding hydrogens is 304 g/mol. The van der Waals surface area contributed by atoms with E-state index in [9.17, 15) is 13.2 Å². The number of ether oxygens (including phenoxy) is 1. The summed E-state index contributed by atoms with van der Waals surface area (Å²) in [6.07, 6.45) is 3.18. The molecule has 0 saturated carbocycles. The van der Waals surface area contributed by atoms with Crippen LogP contribution in [0.25, 0.3) is 0 Å². The highest BCUT2D eigenvalue weighted by Gasteiger charge is 2.30. The van der Waals surface area contributed by atoms with Crippen molar-refractivity contribution in [1.29, 1.82) is 0 Å². The van der Waals surface area contributed by atoms with Gasteiger partial charge in [-0.3, -0.25) is 4.79 Å². The van der Waals surface area contributed by atoms with Crippen molar-refractivity contribution in [2.24, 2.45) is 5.92 Å². The number of hydrogen-bond donors (Lipinski definition) is 1. The molecule has 1 rings (SSSR count). The predicted molar refractivity (Wildman–Crippen MR) is 87.1 cm³/mol. The van der Waals surface area contributed by atoms with Crippen molar-refractivity contribution in [2.75, 3.05) is 32.8 Å². The van der Waals surface area contributed by atoms with Gasteiger partial charge in [0.1, 0.15) is 0 Å². The van der Waals surface area contributed by atoms with Crippen molar-refractivity contribution in [3.05, 3.63) is 0 Å². The van der Waals surface area contributed by atoms with Crippen LogP contribution >= 0.6 is 0 Å². The van der Waals surface area contributed by atoms with Crippen LogP contribution in [-0.2, 0) is 19.6 Å². The van der Waals surface area contributed by atoms with E-state index in [2.05, 4.69) is 5.32 Å². The summed E-state index contributed by atoms with van der Waals surface area (Å²) in [5.41, 5.74) is 0. The van der Waals surface area contributed by atoms with Gasteiger partial charge in [-0.15, -0.1) is 0 Å². The molecule has 0 aromatic heterocycles. The van der Waals surface area contributed by atoms with Crippen molar-refractivity contribution in [1.82, 2.24) is 9.62 Å². The normalized spacial score (nSPS) is 17.8. The van der Waals surface area contributed by atoms with Gasteiger partial charge in [-0.25, -0.2) is 12.7 Å². The van der Waals surface area contributed by atoms with E-state index in [1.54, 1.807) is 11.2 Å². The molecule has 1 atom stereocenters. The number of sulfonamides is 1. The topological polar surface area (TPSA) is 75.7 Å². The largest absolute Gasteiger partial charge is 0.381 e. The Morgan fingerprint density at radius 3 is 2.41 bits per heavy atom. The maximum atomic E-state index is 12.3. The molecule has 1 amide bonds. The average Bonchev–Trinajstić information content (AvgIpc) is 3.00. The summed E-state index contributed by atoms with van der Waals surface area (Å²) >= 11 is 0. The average molecular weight is 334 g/mol. The Kier molecular flexibility index (Phi) is 8.35. The molecule has 1 saturated heterocycles. The number of rotatable bonds is 10. The first-order valence-electron chi connectivity index (χ1n) is 8.20. The molecule has 130 valence electrons. The molecule has 0 spiro atoms. The third kappa shape index (κ3) is 6.22. The van der Waals surface area contributed by atoms with Gasteiger partial charge in [0.2, 0.25) is 15.9 Å². The minimum atomic E-state index is -3.16. The molecule has 6 nitrogen and oxygen atoms in total. The van der Waals surface area contributed by atoms with E-state index in [0.29, 0.717) is 39.3 Å². The van der Waals surface area contributed by atoms with Crippen molar-refractivity contribution in [3.8, 4) is 0 Å². The van der Waals surface area contributed by atoms with Gasteiger partial charge in [-0.2, -0.15) is 0 Å². The zero-order chi connectivity index (χ0) is 16.6. The second kappa shape index (κ2) is 9.47. The Balaban J connectivity index is 2.10. The summed E-state index contributed by atoms with van der Waals surface area (Å²) in [7, 11) is -3.16. The van der Waals surface area contributed by atoms with E-state index < -0.39 is 15.3 Å². The molecule has 0 aliphatic carbocycles. The van der Waals surface area contributed by atoms with Gasteiger partial charge in [0.25, 0.3) is 0 Å². The fourth-order valence-electron chi connectivity index (χ4n) is 2.29. The van der Waals surface area contributed by atoms with Gasteiger partial charge in [0, 0.05) is 38.8 Å². The van der Waals surface area contributed by atoms with E-state index in [1.165, 1.54) is 0 Å². The molecule has 22 heavy (non-hydrogen) atoms. The molecule has 1 N–H and O–H groups in total. The molecule has 0 aromatic rings. The van der Waals surface area contributed by atoms with E-state index in [4.69, 9.17) is 4.74 Å². The molecule has 0 aromatic carbocycles. The maximum absolute atomic E-state index is 12.3. The van der Waals surface area contributed by atoms with Gasteiger partial charge < -0.3 is 10.1 Å². The molecular formula is C15H30N2O4S. The third-order valence-electron chi connectivity index (χ3n) is 3.89. The van der Waals surface area contributed by atoms with Crippen molar-refractivity contribution in [2.45, 2.75) is 51.7 Å². The summed E-state index contributed by atoms with van der Waals surface area (Å²) in [4.78, 5) is 11.3. The number of nitrogens with one attached hydrogen (secondary N) is 1. The summed E-state index contributed by atoms with van der Waals surface area (Å²) in [5.74, 6) is 0.0443. The molecule has 1 unspecified atom stereocenters. The lowest BCUT2D eigenvalue weighted by molar-refractivity contribution is -0.124. The second-order valence-electron chi connectivity index (χ2n) is 6.16. The van der Waals surface area contributed by atoms with Crippen LogP contribution < -0.4 is 5.32 Å². The first kappa shape index (κ1) is 19.4. The predicted octanol–water partition coefficient (Wildman–Crippen LogP) is 1.37. The zero-order valence-corrected chi connectivity index (χ0v) is 14.8.